The number of anilines is 1. The third kappa shape index (κ3) is 2.43. The SMILES string of the molecule is COc1ccc([C@@H]2Nc3c(C)cc(C)cc3-c3cc(C)nn32)cc1O. The van der Waals surface area contributed by atoms with E-state index in [2.05, 4.69) is 42.5 Å². The van der Waals surface area contributed by atoms with Crippen molar-refractivity contribution in [1.82, 2.24) is 9.78 Å². The third-order valence-corrected chi connectivity index (χ3v) is 4.66. The first-order valence-corrected chi connectivity index (χ1v) is 8.29. The summed E-state index contributed by atoms with van der Waals surface area (Å²) < 4.78 is 7.14. The fraction of sp³-hybridized carbons (Fsp3) is 0.250. The molecule has 3 aromatic rings. The zero-order valence-corrected chi connectivity index (χ0v) is 14.8. The van der Waals surface area contributed by atoms with E-state index in [0.29, 0.717) is 5.75 Å². The van der Waals surface area contributed by atoms with Gasteiger partial charge in [-0.25, -0.2) is 4.68 Å². The number of aryl methyl sites for hydroxylation is 3. The Labute approximate surface area is 146 Å². The molecule has 5 nitrogen and oxygen atoms in total. The summed E-state index contributed by atoms with van der Waals surface area (Å²) in [4.78, 5) is 0. The highest BCUT2D eigenvalue weighted by Crippen LogP contribution is 2.42. The van der Waals surface area contributed by atoms with Crippen molar-refractivity contribution >= 4 is 5.69 Å². The van der Waals surface area contributed by atoms with Crippen LogP contribution in [0.15, 0.2) is 36.4 Å². The van der Waals surface area contributed by atoms with Crippen LogP contribution in [0.2, 0.25) is 0 Å². The van der Waals surface area contributed by atoms with Crippen molar-refractivity contribution < 1.29 is 9.84 Å². The van der Waals surface area contributed by atoms with Gasteiger partial charge in [0.15, 0.2) is 11.5 Å². The quantitative estimate of drug-likeness (QED) is 0.738. The summed E-state index contributed by atoms with van der Waals surface area (Å²) in [6.07, 6.45) is -0.186. The molecule has 25 heavy (non-hydrogen) atoms. The summed E-state index contributed by atoms with van der Waals surface area (Å²) in [5.74, 6) is 0.585. The molecule has 0 saturated carbocycles. The molecule has 1 atom stereocenters. The summed E-state index contributed by atoms with van der Waals surface area (Å²) in [6.45, 7) is 6.21. The van der Waals surface area contributed by atoms with Gasteiger partial charge >= 0.3 is 0 Å². The summed E-state index contributed by atoms with van der Waals surface area (Å²) in [6, 6.07) is 11.9. The van der Waals surface area contributed by atoms with Crippen molar-refractivity contribution in [2.75, 3.05) is 12.4 Å². The number of nitrogens with one attached hydrogen (secondary N) is 1. The second-order valence-electron chi connectivity index (χ2n) is 6.60. The van der Waals surface area contributed by atoms with Gasteiger partial charge in [-0.2, -0.15) is 5.10 Å². The minimum Gasteiger partial charge on any atom is -0.504 e. The highest BCUT2D eigenvalue weighted by atomic mass is 16.5. The fourth-order valence-corrected chi connectivity index (χ4v) is 3.58. The summed E-state index contributed by atoms with van der Waals surface area (Å²) in [5.41, 5.74) is 7.66. The molecule has 0 bridgehead atoms. The maximum atomic E-state index is 10.2. The molecule has 4 rings (SSSR count). The van der Waals surface area contributed by atoms with Crippen molar-refractivity contribution in [2.45, 2.75) is 26.9 Å². The zero-order valence-electron chi connectivity index (χ0n) is 14.8. The van der Waals surface area contributed by atoms with Crippen LogP contribution in [0.5, 0.6) is 11.5 Å². The number of phenols is 1. The Morgan fingerprint density at radius 2 is 1.92 bits per heavy atom. The predicted molar refractivity (Wildman–Crippen MR) is 98.3 cm³/mol. The van der Waals surface area contributed by atoms with Crippen LogP contribution in [0.1, 0.15) is 28.6 Å². The van der Waals surface area contributed by atoms with Crippen LogP contribution in [0.3, 0.4) is 0 Å². The lowest BCUT2D eigenvalue weighted by Crippen LogP contribution is -2.26. The fourth-order valence-electron chi connectivity index (χ4n) is 3.58. The van der Waals surface area contributed by atoms with Crippen LogP contribution in [-0.2, 0) is 0 Å². The van der Waals surface area contributed by atoms with Crippen LogP contribution < -0.4 is 10.1 Å². The smallest absolute Gasteiger partial charge is 0.160 e. The Balaban J connectivity index is 1.90. The molecular formula is C20H21N3O2. The predicted octanol–water partition coefficient (Wildman–Crippen LogP) is 4.16. The molecule has 5 heteroatoms. The van der Waals surface area contributed by atoms with Crippen LogP contribution in [0.25, 0.3) is 11.3 Å². The van der Waals surface area contributed by atoms with Gasteiger partial charge in [-0.3, -0.25) is 0 Å². The maximum absolute atomic E-state index is 10.2. The van der Waals surface area contributed by atoms with Crippen LogP contribution in [-0.4, -0.2) is 22.0 Å². The number of aromatic hydroxyl groups is 1. The van der Waals surface area contributed by atoms with Crippen molar-refractivity contribution in [2.24, 2.45) is 0 Å². The molecule has 0 radical (unpaired) electrons. The van der Waals surface area contributed by atoms with E-state index in [0.717, 1.165) is 28.2 Å². The highest BCUT2D eigenvalue weighted by molar-refractivity contribution is 5.82. The van der Waals surface area contributed by atoms with E-state index in [1.54, 1.807) is 19.2 Å². The number of hydrogen-bond acceptors (Lipinski definition) is 4. The van der Waals surface area contributed by atoms with Crippen molar-refractivity contribution in [3.63, 3.8) is 0 Å². The maximum Gasteiger partial charge on any atom is 0.160 e. The van der Waals surface area contributed by atoms with E-state index < -0.39 is 0 Å². The van der Waals surface area contributed by atoms with Gasteiger partial charge in [0.25, 0.3) is 0 Å². The molecule has 0 amide bonds. The van der Waals surface area contributed by atoms with E-state index in [-0.39, 0.29) is 11.9 Å². The Bertz CT molecular complexity index is 975. The lowest BCUT2D eigenvalue weighted by atomic mass is 9.98. The molecule has 0 saturated heterocycles. The summed E-state index contributed by atoms with van der Waals surface area (Å²) in [7, 11) is 1.55. The number of aromatic nitrogens is 2. The summed E-state index contributed by atoms with van der Waals surface area (Å²) in [5, 5.41) is 18.5. The average molecular weight is 335 g/mol. The molecular weight excluding hydrogens is 314 g/mol. The molecule has 0 unspecified atom stereocenters. The molecule has 0 aliphatic carbocycles. The molecule has 1 aliphatic rings. The number of nitrogens with zero attached hydrogens (tertiary/aromatic N) is 2. The van der Waals surface area contributed by atoms with E-state index in [4.69, 9.17) is 4.74 Å². The molecule has 2 aromatic carbocycles. The Kier molecular flexibility index (Phi) is 3.46. The Morgan fingerprint density at radius 1 is 1.12 bits per heavy atom. The monoisotopic (exact) mass is 335 g/mol. The number of fused-ring (bicyclic) bond motifs is 3. The zero-order chi connectivity index (χ0) is 17.7. The van der Waals surface area contributed by atoms with Crippen LogP contribution >= 0.6 is 0 Å². The molecule has 128 valence electrons. The largest absolute Gasteiger partial charge is 0.504 e. The highest BCUT2D eigenvalue weighted by Gasteiger charge is 2.28. The number of ether oxygens (including phenoxy) is 1. The lowest BCUT2D eigenvalue weighted by molar-refractivity contribution is 0.372. The molecule has 0 fully saturated rings. The number of phenolic OH excluding ortho intramolecular Hbond substituents is 1. The van der Waals surface area contributed by atoms with E-state index in [1.807, 2.05) is 17.7 Å². The first-order valence-electron chi connectivity index (χ1n) is 8.29. The number of rotatable bonds is 2. The van der Waals surface area contributed by atoms with Crippen LogP contribution in [0, 0.1) is 20.8 Å². The van der Waals surface area contributed by atoms with Gasteiger partial charge in [0.1, 0.15) is 6.17 Å². The van der Waals surface area contributed by atoms with Gasteiger partial charge in [0, 0.05) is 16.8 Å². The molecule has 2 heterocycles. The van der Waals surface area contributed by atoms with Gasteiger partial charge in [0.05, 0.1) is 18.5 Å². The molecule has 0 spiro atoms. The first kappa shape index (κ1) is 15.6. The number of benzene rings is 2. The molecule has 2 N–H and O–H groups in total. The Morgan fingerprint density at radius 3 is 2.64 bits per heavy atom. The standard InChI is InChI=1S/C20H21N3O2/c1-11-7-12(2)19-15(8-11)16-9-13(3)22-23(16)20(21-19)14-5-6-18(25-4)17(24)10-14/h5-10,20-21,24H,1-4H3/t20-/m1/s1. The minimum absolute atomic E-state index is 0.124. The van der Waals surface area contributed by atoms with Gasteiger partial charge in [-0.15, -0.1) is 0 Å². The summed E-state index contributed by atoms with van der Waals surface area (Å²) >= 11 is 0. The van der Waals surface area contributed by atoms with Gasteiger partial charge in [-0.05, 0) is 50.6 Å². The van der Waals surface area contributed by atoms with Crippen molar-refractivity contribution in [3.05, 3.63) is 58.8 Å². The Hall–Kier alpha value is -2.95. The van der Waals surface area contributed by atoms with E-state index in [1.165, 1.54) is 11.1 Å². The van der Waals surface area contributed by atoms with E-state index in [9.17, 15) is 5.11 Å². The van der Waals surface area contributed by atoms with Crippen molar-refractivity contribution in [3.8, 4) is 22.8 Å². The van der Waals surface area contributed by atoms with Crippen LogP contribution in [0.4, 0.5) is 5.69 Å². The topological polar surface area (TPSA) is 59.3 Å². The van der Waals surface area contributed by atoms with E-state index >= 15 is 0 Å². The molecule has 1 aromatic heterocycles. The number of methoxy groups -OCH3 is 1. The minimum atomic E-state index is -0.186. The second kappa shape index (κ2) is 5.55. The van der Waals surface area contributed by atoms with Crippen molar-refractivity contribution in [1.29, 1.82) is 0 Å². The third-order valence-electron chi connectivity index (χ3n) is 4.66. The average Bonchev–Trinajstić information content (AvgIpc) is 2.96. The first-order chi connectivity index (χ1) is 12.0. The lowest BCUT2D eigenvalue weighted by Gasteiger charge is -2.31. The van der Waals surface area contributed by atoms with Gasteiger partial charge in [-0.1, -0.05) is 17.7 Å². The van der Waals surface area contributed by atoms with Gasteiger partial charge < -0.3 is 15.2 Å². The van der Waals surface area contributed by atoms with Gasteiger partial charge in [0.2, 0.25) is 0 Å². The normalized spacial score (nSPS) is 15.3. The molecule has 1 aliphatic heterocycles. The second-order valence-corrected chi connectivity index (χ2v) is 6.60. The number of hydrogen-bond donors (Lipinski definition) is 2.